The van der Waals surface area contributed by atoms with Crippen molar-refractivity contribution in [1.82, 2.24) is 24.8 Å². The van der Waals surface area contributed by atoms with E-state index in [1.54, 1.807) is 0 Å². The van der Waals surface area contributed by atoms with Gasteiger partial charge in [-0.05, 0) is 69.3 Å². The Morgan fingerprint density at radius 3 is 2.68 bits per heavy atom. The Morgan fingerprint density at radius 1 is 1.15 bits per heavy atom. The molecular weight excluding hydrogens is 612 g/mol. The van der Waals surface area contributed by atoms with Crippen LogP contribution >= 0.6 is 0 Å². The van der Waals surface area contributed by atoms with Crippen molar-refractivity contribution in [3.63, 3.8) is 0 Å². The zero-order chi connectivity index (χ0) is 32.6. The molecule has 4 aliphatic heterocycles. The minimum absolute atomic E-state index is 0.0565. The van der Waals surface area contributed by atoms with E-state index in [1.165, 1.54) is 30.5 Å². The SMILES string of the molecule is C#Cc1c(F)ccc2cc(O)cc(-c3ncc4c(N5C[C@H]6CC[C@@H](C5)N6C)nc(OCC56CCCN5CC(=C(F)F)C6)nc4c3F)c12. The molecule has 0 radical (unpaired) electrons. The Hall–Kier alpha value is -4.47. The van der Waals surface area contributed by atoms with Gasteiger partial charge in [-0.25, -0.2) is 8.78 Å². The van der Waals surface area contributed by atoms with E-state index < -0.39 is 23.3 Å². The zero-order valence-corrected chi connectivity index (χ0v) is 25.7. The predicted octanol–water partition coefficient (Wildman–Crippen LogP) is 5.86. The topological polar surface area (TPSA) is 77.9 Å². The van der Waals surface area contributed by atoms with Crippen LogP contribution in [0, 0.1) is 24.0 Å². The number of phenols is 1. The van der Waals surface area contributed by atoms with E-state index in [-0.39, 0.29) is 64.6 Å². The van der Waals surface area contributed by atoms with Gasteiger partial charge in [0.25, 0.3) is 6.08 Å². The molecule has 2 aromatic heterocycles. The Morgan fingerprint density at radius 2 is 1.94 bits per heavy atom. The molecule has 0 spiro atoms. The number of terminal acetylenes is 1. The lowest BCUT2D eigenvalue weighted by molar-refractivity contribution is 0.108. The van der Waals surface area contributed by atoms with Gasteiger partial charge in [0.2, 0.25) is 0 Å². The molecule has 47 heavy (non-hydrogen) atoms. The number of halogens is 4. The van der Waals surface area contributed by atoms with Crippen molar-refractivity contribution in [3.8, 4) is 35.4 Å². The quantitative estimate of drug-likeness (QED) is 0.214. The molecule has 8 nitrogen and oxygen atoms in total. The molecule has 0 saturated carbocycles. The van der Waals surface area contributed by atoms with Crippen LogP contribution in [-0.4, -0.2) is 87.3 Å². The van der Waals surface area contributed by atoms with E-state index in [9.17, 15) is 18.3 Å². The maximum absolute atomic E-state index is 16.8. The van der Waals surface area contributed by atoms with Crippen LogP contribution in [0.3, 0.4) is 0 Å². The van der Waals surface area contributed by atoms with Gasteiger partial charge in [0, 0.05) is 54.4 Å². The molecule has 6 heterocycles. The van der Waals surface area contributed by atoms with E-state index in [4.69, 9.17) is 16.1 Å². The Bertz CT molecular complexity index is 2010. The second-order valence-electron chi connectivity index (χ2n) is 13.2. The van der Waals surface area contributed by atoms with E-state index >= 15 is 4.39 Å². The average molecular weight is 645 g/mol. The summed E-state index contributed by atoms with van der Waals surface area (Å²) in [5, 5.41) is 11.6. The van der Waals surface area contributed by atoms with Crippen LogP contribution in [0.2, 0.25) is 0 Å². The van der Waals surface area contributed by atoms with Crippen LogP contribution in [0.15, 0.2) is 42.1 Å². The molecule has 8 rings (SSSR count). The highest BCUT2D eigenvalue weighted by Crippen LogP contribution is 2.44. The number of aromatic hydroxyl groups is 1. The molecule has 242 valence electrons. The summed E-state index contributed by atoms with van der Waals surface area (Å²) in [6, 6.07) is 5.95. The number of fused-ring (bicyclic) bond motifs is 5. The number of aromatic nitrogens is 3. The van der Waals surface area contributed by atoms with Crippen molar-refractivity contribution < 1.29 is 27.4 Å². The van der Waals surface area contributed by atoms with Crippen molar-refractivity contribution >= 4 is 27.5 Å². The fourth-order valence-electron chi connectivity index (χ4n) is 8.22. The maximum atomic E-state index is 16.8. The van der Waals surface area contributed by atoms with Gasteiger partial charge in [0.1, 0.15) is 35.2 Å². The number of likely N-dealkylation sites (N-methyl/N-ethyl adjacent to an activating group) is 1. The molecule has 4 aliphatic rings. The van der Waals surface area contributed by atoms with Gasteiger partial charge in [-0.3, -0.25) is 14.8 Å². The second-order valence-corrected chi connectivity index (χ2v) is 13.2. The van der Waals surface area contributed by atoms with E-state index in [0.717, 1.165) is 19.3 Å². The number of benzene rings is 2. The number of hydrogen-bond donors (Lipinski definition) is 1. The lowest BCUT2D eigenvalue weighted by atomic mass is 9.94. The fourth-order valence-corrected chi connectivity index (χ4v) is 8.22. The van der Waals surface area contributed by atoms with E-state index in [0.29, 0.717) is 54.7 Å². The number of nitrogens with zero attached hydrogens (tertiary/aromatic N) is 6. The first-order valence-electron chi connectivity index (χ1n) is 15.8. The van der Waals surface area contributed by atoms with Gasteiger partial charge in [-0.15, -0.1) is 6.42 Å². The molecule has 4 aromatic rings. The van der Waals surface area contributed by atoms with Gasteiger partial charge in [-0.2, -0.15) is 18.7 Å². The molecule has 2 bridgehead atoms. The second kappa shape index (κ2) is 11.1. The highest BCUT2D eigenvalue weighted by Gasteiger charge is 2.48. The Labute approximate surface area is 268 Å². The van der Waals surface area contributed by atoms with Crippen LogP contribution in [0.1, 0.15) is 37.7 Å². The number of ether oxygens (including phenoxy) is 1. The largest absolute Gasteiger partial charge is 0.508 e. The molecule has 2 aromatic carbocycles. The number of piperazine rings is 1. The number of pyridine rings is 1. The third kappa shape index (κ3) is 4.78. The fraction of sp³-hybridized carbons (Fsp3) is 0.400. The molecule has 0 aliphatic carbocycles. The van der Waals surface area contributed by atoms with Crippen molar-refractivity contribution in [2.24, 2.45) is 0 Å². The Kier molecular flexibility index (Phi) is 7.04. The normalized spacial score (nSPS) is 24.3. The van der Waals surface area contributed by atoms with Crippen molar-refractivity contribution in [2.45, 2.75) is 49.7 Å². The minimum Gasteiger partial charge on any atom is -0.508 e. The van der Waals surface area contributed by atoms with Crippen molar-refractivity contribution in [1.29, 1.82) is 0 Å². The number of phenolic OH excluding ortho intramolecular Hbond substituents is 1. The molecular formula is C35H32F4N6O2. The number of hydrogen-bond acceptors (Lipinski definition) is 8. The Balaban J connectivity index is 1.27. The van der Waals surface area contributed by atoms with Crippen LogP contribution in [0.25, 0.3) is 32.9 Å². The van der Waals surface area contributed by atoms with E-state index in [2.05, 4.69) is 32.7 Å². The summed E-state index contributed by atoms with van der Waals surface area (Å²) >= 11 is 0. The van der Waals surface area contributed by atoms with E-state index in [1.807, 2.05) is 4.90 Å². The molecule has 1 N–H and O–H groups in total. The first kappa shape index (κ1) is 29.9. The van der Waals surface area contributed by atoms with Crippen LogP contribution in [0.5, 0.6) is 11.8 Å². The van der Waals surface area contributed by atoms with Gasteiger partial charge in [0.15, 0.2) is 5.82 Å². The summed E-state index contributed by atoms with van der Waals surface area (Å²) in [6.45, 7) is 2.30. The zero-order valence-electron chi connectivity index (χ0n) is 25.7. The molecule has 1 unspecified atom stereocenters. The summed E-state index contributed by atoms with van der Waals surface area (Å²) in [5.41, 5.74) is -0.676. The van der Waals surface area contributed by atoms with Crippen molar-refractivity contribution in [3.05, 3.63) is 59.3 Å². The van der Waals surface area contributed by atoms with Crippen LogP contribution in [-0.2, 0) is 0 Å². The summed E-state index contributed by atoms with van der Waals surface area (Å²) < 4.78 is 65.1. The van der Waals surface area contributed by atoms with Crippen LogP contribution in [0.4, 0.5) is 23.4 Å². The number of anilines is 1. The first-order valence-corrected chi connectivity index (χ1v) is 15.8. The molecule has 3 atom stereocenters. The average Bonchev–Trinajstić information content (AvgIpc) is 3.66. The van der Waals surface area contributed by atoms with Gasteiger partial charge >= 0.3 is 6.01 Å². The first-order chi connectivity index (χ1) is 22.7. The maximum Gasteiger partial charge on any atom is 0.319 e. The lowest BCUT2D eigenvalue weighted by Crippen LogP contribution is -2.52. The summed E-state index contributed by atoms with van der Waals surface area (Å²) in [7, 11) is 2.11. The van der Waals surface area contributed by atoms with Crippen molar-refractivity contribution in [2.75, 3.05) is 44.7 Å². The predicted molar refractivity (Wildman–Crippen MR) is 169 cm³/mol. The summed E-state index contributed by atoms with van der Waals surface area (Å²) in [6.07, 6.45) is 9.34. The third-order valence-electron chi connectivity index (χ3n) is 10.6. The molecule has 12 heteroatoms. The van der Waals surface area contributed by atoms with Gasteiger partial charge in [-0.1, -0.05) is 12.0 Å². The highest BCUT2D eigenvalue weighted by atomic mass is 19.3. The third-order valence-corrected chi connectivity index (χ3v) is 10.6. The minimum atomic E-state index is -1.65. The standard InChI is InChI=1S/C35H32F4N6O2/c1-3-24-27(36)8-5-19-11-23(46)12-25(28(19)24)30-29(37)31-26(14-40-30)33(44-16-21-6-7-22(17-44)43(21)2)42-34(41-31)47-18-35-9-4-10-45(35)15-20(13-35)32(38)39/h1,5,8,11-12,14,21-22,46H,4,6-7,9-10,13,15-18H2,2H3/t21-,22+,35?. The monoisotopic (exact) mass is 644 g/mol. The molecule has 4 fully saturated rings. The van der Waals surface area contributed by atoms with Gasteiger partial charge in [0.05, 0.1) is 16.5 Å². The molecule has 4 saturated heterocycles. The van der Waals surface area contributed by atoms with Crippen LogP contribution < -0.4 is 9.64 Å². The summed E-state index contributed by atoms with van der Waals surface area (Å²) in [4.78, 5) is 20.3. The lowest BCUT2D eigenvalue weighted by Gasteiger charge is -2.39. The highest BCUT2D eigenvalue weighted by molar-refractivity contribution is 6.03. The van der Waals surface area contributed by atoms with Gasteiger partial charge < -0.3 is 14.7 Å². The molecule has 0 amide bonds. The smallest absolute Gasteiger partial charge is 0.319 e. The summed E-state index contributed by atoms with van der Waals surface area (Å²) in [5.74, 6) is 1.20. The number of rotatable bonds is 5.